The second kappa shape index (κ2) is 6.41. The summed E-state index contributed by atoms with van der Waals surface area (Å²) in [5.74, 6) is -18.0. The summed E-state index contributed by atoms with van der Waals surface area (Å²) < 4.78 is 165. The van der Waals surface area contributed by atoms with Crippen LogP contribution in [-0.2, 0) is 14.3 Å². The number of alkyl halides is 10. The molecule has 0 aromatic rings. The summed E-state index contributed by atoms with van der Waals surface area (Å²) in [5.41, 5.74) is 0. The van der Waals surface area contributed by atoms with Crippen LogP contribution in [0.1, 0.15) is 0 Å². The van der Waals surface area contributed by atoms with Crippen LogP contribution in [0.2, 0.25) is 0 Å². The van der Waals surface area contributed by atoms with Gasteiger partial charge in [-0.25, -0.2) is 4.79 Å². The molecule has 0 saturated carbocycles. The van der Waals surface area contributed by atoms with Gasteiger partial charge in [0, 0.05) is 0 Å². The van der Waals surface area contributed by atoms with Gasteiger partial charge in [-0.05, 0) is 0 Å². The average molecular weight is 408 g/mol. The van der Waals surface area contributed by atoms with E-state index in [1.165, 1.54) is 0 Å². The molecule has 148 valence electrons. The van der Waals surface area contributed by atoms with Gasteiger partial charge in [0.15, 0.2) is 0 Å². The van der Waals surface area contributed by atoms with E-state index in [0.717, 1.165) is 0 Å². The summed E-state index contributed by atoms with van der Waals surface area (Å²) >= 11 is 0. The first-order valence-corrected chi connectivity index (χ1v) is 4.95. The minimum atomic E-state index is -7.43. The van der Waals surface area contributed by atoms with Gasteiger partial charge in [0.25, 0.3) is 0 Å². The Morgan fingerprint density at radius 2 is 1.16 bits per heavy atom. The number of hydrogen-bond acceptors (Lipinski definition) is 3. The van der Waals surface area contributed by atoms with Crippen molar-refractivity contribution >= 4 is 5.97 Å². The molecule has 0 aliphatic rings. The van der Waals surface area contributed by atoms with Crippen molar-refractivity contribution in [2.45, 2.75) is 30.2 Å². The van der Waals surface area contributed by atoms with E-state index in [1.807, 2.05) is 4.74 Å². The Balaban J connectivity index is 6.20. The van der Waals surface area contributed by atoms with Gasteiger partial charge in [-0.15, -0.1) is 0 Å². The van der Waals surface area contributed by atoms with E-state index in [2.05, 4.69) is 0 Å². The highest BCUT2D eigenvalue weighted by Gasteiger charge is 2.82. The molecule has 0 bridgehead atoms. The molecule has 0 aliphatic heterocycles. The van der Waals surface area contributed by atoms with Crippen LogP contribution in [0.25, 0.3) is 0 Å². The zero-order valence-corrected chi connectivity index (χ0v) is 10.6. The Morgan fingerprint density at radius 1 is 0.760 bits per heavy atom. The molecule has 0 fully saturated rings. The van der Waals surface area contributed by atoms with Crippen molar-refractivity contribution in [2.75, 3.05) is 0 Å². The van der Waals surface area contributed by atoms with Crippen LogP contribution >= 0.6 is 0 Å². The molecule has 0 aromatic carbocycles. The largest absolute Gasteiger partial charge is 0.477 e. The van der Waals surface area contributed by atoms with Gasteiger partial charge in [0.05, 0.1) is 0 Å². The SMILES string of the molecule is O=C(O)C(F)(F)C(F)(F)OC(F)(C(F)(F)F)C(F)(F)OC(F)=C(F)F. The number of carboxylic acids is 1. The van der Waals surface area contributed by atoms with Crippen LogP contribution in [0.15, 0.2) is 12.1 Å². The topological polar surface area (TPSA) is 55.8 Å². The second-order valence-electron chi connectivity index (χ2n) is 3.74. The molecule has 0 aromatic heterocycles. The van der Waals surface area contributed by atoms with Crippen LogP contribution in [-0.4, -0.2) is 41.2 Å². The lowest BCUT2D eigenvalue weighted by Gasteiger charge is -2.36. The van der Waals surface area contributed by atoms with E-state index < -0.39 is 48.2 Å². The molecular formula is C8HF13O4. The predicted molar refractivity (Wildman–Crippen MR) is 44.9 cm³/mol. The summed E-state index contributed by atoms with van der Waals surface area (Å²) in [6.07, 6.45) is -25.6. The van der Waals surface area contributed by atoms with Gasteiger partial charge in [-0.2, -0.15) is 57.1 Å². The van der Waals surface area contributed by atoms with Gasteiger partial charge in [-0.3, -0.25) is 4.74 Å². The Bertz CT molecular complexity index is 549. The molecule has 1 atom stereocenters. The molecule has 0 heterocycles. The summed E-state index contributed by atoms with van der Waals surface area (Å²) in [5, 5.41) is 7.70. The highest BCUT2D eigenvalue weighted by molar-refractivity contribution is 5.76. The molecule has 4 nitrogen and oxygen atoms in total. The maximum Gasteiger partial charge on any atom is 0.471 e. The van der Waals surface area contributed by atoms with E-state index in [1.54, 1.807) is 4.74 Å². The molecule has 0 spiro atoms. The van der Waals surface area contributed by atoms with Gasteiger partial charge in [-0.1, -0.05) is 0 Å². The van der Waals surface area contributed by atoms with Crippen molar-refractivity contribution in [1.82, 2.24) is 0 Å². The fourth-order valence-corrected chi connectivity index (χ4v) is 0.864. The molecule has 0 radical (unpaired) electrons. The van der Waals surface area contributed by atoms with Crippen LogP contribution in [0.3, 0.4) is 0 Å². The normalized spacial score (nSPS) is 16.2. The van der Waals surface area contributed by atoms with Crippen molar-refractivity contribution in [3.8, 4) is 0 Å². The number of rotatable bonds is 7. The molecule has 0 amide bonds. The van der Waals surface area contributed by atoms with Crippen LogP contribution in [0, 0.1) is 0 Å². The fraction of sp³-hybridized carbons (Fsp3) is 0.625. The Hall–Kier alpha value is -1.94. The summed E-state index contributed by atoms with van der Waals surface area (Å²) in [7, 11) is 0. The van der Waals surface area contributed by atoms with Crippen LogP contribution < -0.4 is 0 Å². The zero-order valence-electron chi connectivity index (χ0n) is 10.6. The van der Waals surface area contributed by atoms with Crippen molar-refractivity contribution in [2.24, 2.45) is 0 Å². The average Bonchev–Trinajstić information content (AvgIpc) is 2.35. The minimum Gasteiger partial charge on any atom is -0.477 e. The summed E-state index contributed by atoms with van der Waals surface area (Å²) in [4.78, 5) is 9.82. The Labute approximate surface area is 126 Å². The predicted octanol–water partition coefficient (Wildman–Crippen LogP) is 4.19. The number of ether oxygens (including phenoxy) is 2. The second-order valence-corrected chi connectivity index (χ2v) is 3.74. The third-order valence-corrected chi connectivity index (χ3v) is 2.01. The van der Waals surface area contributed by atoms with E-state index >= 15 is 0 Å². The lowest BCUT2D eigenvalue weighted by molar-refractivity contribution is -0.513. The van der Waals surface area contributed by atoms with Gasteiger partial charge in [0.2, 0.25) is 0 Å². The number of carboxylic acid groups (broad SMARTS) is 1. The summed E-state index contributed by atoms with van der Waals surface area (Å²) in [6.45, 7) is 0. The minimum absolute atomic E-state index is 1.60. The Morgan fingerprint density at radius 3 is 1.44 bits per heavy atom. The van der Waals surface area contributed by atoms with Crippen molar-refractivity contribution in [3.63, 3.8) is 0 Å². The first-order valence-electron chi connectivity index (χ1n) is 4.95. The zero-order chi connectivity index (χ0) is 20.6. The maximum atomic E-state index is 13.3. The third-order valence-electron chi connectivity index (χ3n) is 2.01. The molecule has 25 heavy (non-hydrogen) atoms. The maximum absolute atomic E-state index is 13.3. The molecule has 0 rings (SSSR count). The van der Waals surface area contributed by atoms with Crippen LogP contribution in [0.5, 0.6) is 0 Å². The van der Waals surface area contributed by atoms with Gasteiger partial charge in [0.1, 0.15) is 0 Å². The highest BCUT2D eigenvalue weighted by atomic mass is 19.4. The molecule has 0 saturated heterocycles. The van der Waals surface area contributed by atoms with Crippen LogP contribution in [0.4, 0.5) is 57.1 Å². The van der Waals surface area contributed by atoms with Crippen molar-refractivity contribution in [1.29, 1.82) is 0 Å². The Kier molecular flexibility index (Phi) is 5.92. The third kappa shape index (κ3) is 4.18. The molecule has 1 unspecified atom stereocenters. The smallest absolute Gasteiger partial charge is 0.471 e. The molecule has 17 heteroatoms. The van der Waals surface area contributed by atoms with E-state index in [9.17, 15) is 61.9 Å². The monoisotopic (exact) mass is 408 g/mol. The molecule has 1 N–H and O–H groups in total. The lowest BCUT2D eigenvalue weighted by Crippen LogP contribution is -2.64. The molecule has 0 aliphatic carbocycles. The van der Waals surface area contributed by atoms with E-state index in [4.69, 9.17) is 5.11 Å². The summed E-state index contributed by atoms with van der Waals surface area (Å²) in [6, 6.07) is -3.90. The highest BCUT2D eigenvalue weighted by Crippen LogP contribution is 2.52. The standard InChI is InChI=1S/C8HF13O4/c9-1(10)2(11)24-8(20,21)5(14,6(15,16)17)25-7(18,19)4(12,13)3(22)23/h(H,22,23). The van der Waals surface area contributed by atoms with E-state index in [-0.39, 0.29) is 0 Å². The van der Waals surface area contributed by atoms with Gasteiger partial charge < -0.3 is 9.84 Å². The first-order chi connectivity index (χ1) is 10.7. The lowest BCUT2D eigenvalue weighted by atomic mass is 10.2. The van der Waals surface area contributed by atoms with Crippen molar-refractivity contribution in [3.05, 3.63) is 12.1 Å². The fourth-order valence-electron chi connectivity index (χ4n) is 0.864. The quantitative estimate of drug-likeness (QED) is 0.507. The number of carbonyl (C=O) groups is 1. The number of aliphatic carboxylic acids is 1. The molecular weight excluding hydrogens is 407 g/mol. The van der Waals surface area contributed by atoms with Gasteiger partial charge >= 0.3 is 48.2 Å². The van der Waals surface area contributed by atoms with E-state index in [0.29, 0.717) is 0 Å². The number of hydrogen-bond donors (Lipinski definition) is 1. The van der Waals surface area contributed by atoms with Crippen molar-refractivity contribution < 1.29 is 76.5 Å². The first kappa shape index (κ1) is 23.1. The number of halogens is 13.